The minimum atomic E-state index is -0.935. The molecular weight excluding hydrogens is 352 g/mol. The third kappa shape index (κ3) is 4.47. The number of nitrogens with one attached hydrogen (secondary N) is 1. The molecule has 2 fully saturated rings. The fourth-order valence-corrected chi connectivity index (χ4v) is 3.28. The number of hydrogen-bond donors (Lipinski definition) is 1. The van der Waals surface area contributed by atoms with Gasteiger partial charge in [-0.15, -0.1) is 6.58 Å². The van der Waals surface area contributed by atoms with E-state index in [1.54, 1.807) is 6.08 Å². The van der Waals surface area contributed by atoms with Gasteiger partial charge in [0.25, 0.3) is 0 Å². The number of amides is 1. The molecule has 9 nitrogen and oxygen atoms in total. The van der Waals surface area contributed by atoms with Gasteiger partial charge < -0.3 is 24.3 Å². The first-order valence-electron chi connectivity index (χ1n) is 8.65. The van der Waals surface area contributed by atoms with Crippen LogP contribution in [0.4, 0.5) is 0 Å². The summed E-state index contributed by atoms with van der Waals surface area (Å²) in [5, 5.41) is 6.43. The number of ether oxygens (including phenoxy) is 4. The number of azide groups is 1. The molecule has 2 heterocycles. The van der Waals surface area contributed by atoms with Crippen molar-refractivity contribution in [1.29, 1.82) is 0 Å². The molecule has 6 atom stereocenters. The van der Waals surface area contributed by atoms with Gasteiger partial charge >= 0.3 is 0 Å². The average Bonchev–Trinajstić information content (AvgIpc) is 2.68. The highest BCUT2D eigenvalue weighted by Crippen LogP contribution is 2.35. The fraction of sp³-hybridized carbons (Fsp3) is 0.500. The van der Waals surface area contributed by atoms with Crippen LogP contribution in [0.1, 0.15) is 18.8 Å². The van der Waals surface area contributed by atoms with Gasteiger partial charge in [-0.25, -0.2) is 0 Å². The van der Waals surface area contributed by atoms with Crippen LogP contribution in [0.3, 0.4) is 0 Å². The van der Waals surface area contributed by atoms with Crippen molar-refractivity contribution in [3.63, 3.8) is 0 Å². The van der Waals surface area contributed by atoms with Crippen LogP contribution < -0.4 is 5.32 Å². The second-order valence-electron chi connectivity index (χ2n) is 6.26. The second kappa shape index (κ2) is 8.98. The number of hydrogen-bond acceptors (Lipinski definition) is 6. The maximum atomic E-state index is 11.7. The van der Waals surface area contributed by atoms with E-state index < -0.39 is 36.9 Å². The summed E-state index contributed by atoms with van der Waals surface area (Å²) >= 11 is 0. The predicted molar refractivity (Wildman–Crippen MR) is 95.4 cm³/mol. The largest absolute Gasteiger partial charge is 0.369 e. The minimum absolute atomic E-state index is 0.239. The number of carbonyl (C=O) groups is 1. The van der Waals surface area contributed by atoms with E-state index in [2.05, 4.69) is 21.9 Å². The number of benzene rings is 1. The number of nitrogens with zero attached hydrogens (tertiary/aromatic N) is 3. The first kappa shape index (κ1) is 19.3. The monoisotopic (exact) mass is 374 g/mol. The molecule has 0 saturated carbocycles. The highest BCUT2D eigenvalue weighted by molar-refractivity contribution is 5.73. The maximum Gasteiger partial charge on any atom is 0.217 e. The molecule has 2 saturated heterocycles. The van der Waals surface area contributed by atoms with E-state index in [9.17, 15) is 4.79 Å². The molecule has 27 heavy (non-hydrogen) atoms. The summed E-state index contributed by atoms with van der Waals surface area (Å²) in [4.78, 5) is 14.5. The van der Waals surface area contributed by atoms with Crippen molar-refractivity contribution in [3.05, 3.63) is 59.0 Å². The van der Waals surface area contributed by atoms with Crippen LogP contribution in [0.15, 0.2) is 48.1 Å². The van der Waals surface area contributed by atoms with Crippen molar-refractivity contribution in [2.75, 3.05) is 13.2 Å². The van der Waals surface area contributed by atoms with Gasteiger partial charge in [-0.05, 0) is 5.53 Å². The highest BCUT2D eigenvalue weighted by atomic mass is 16.7. The molecule has 1 N–H and O–H groups in total. The Bertz CT molecular complexity index is 709. The lowest BCUT2D eigenvalue weighted by Crippen LogP contribution is -2.66. The Balaban J connectivity index is 1.87. The Labute approximate surface area is 156 Å². The normalized spacial score (nSPS) is 32.6. The van der Waals surface area contributed by atoms with E-state index in [0.29, 0.717) is 0 Å². The zero-order valence-electron chi connectivity index (χ0n) is 14.9. The molecule has 2 aliphatic heterocycles. The molecule has 0 radical (unpaired) electrons. The third-order valence-electron chi connectivity index (χ3n) is 4.37. The Morgan fingerprint density at radius 1 is 1.44 bits per heavy atom. The number of rotatable bonds is 6. The summed E-state index contributed by atoms with van der Waals surface area (Å²) in [6.45, 7) is 5.52. The molecule has 0 aromatic heterocycles. The minimum Gasteiger partial charge on any atom is -0.369 e. The van der Waals surface area contributed by atoms with Crippen molar-refractivity contribution in [1.82, 2.24) is 5.32 Å². The van der Waals surface area contributed by atoms with Crippen LogP contribution in [0.5, 0.6) is 0 Å². The number of fused-ring (bicyclic) bond motifs is 1. The van der Waals surface area contributed by atoms with E-state index in [1.165, 1.54) is 6.92 Å². The van der Waals surface area contributed by atoms with Crippen molar-refractivity contribution < 1.29 is 23.7 Å². The van der Waals surface area contributed by atoms with Crippen molar-refractivity contribution >= 4 is 5.91 Å². The van der Waals surface area contributed by atoms with Crippen molar-refractivity contribution in [2.24, 2.45) is 5.11 Å². The van der Waals surface area contributed by atoms with Gasteiger partial charge in [-0.1, -0.05) is 41.5 Å². The zero-order chi connectivity index (χ0) is 19.2. The molecule has 144 valence electrons. The Morgan fingerprint density at radius 3 is 2.89 bits per heavy atom. The maximum absolute atomic E-state index is 11.7. The predicted octanol–water partition coefficient (Wildman–Crippen LogP) is 2.21. The average molecular weight is 374 g/mol. The summed E-state index contributed by atoms with van der Waals surface area (Å²) in [5.41, 5.74) is 9.73. The van der Waals surface area contributed by atoms with E-state index >= 15 is 0 Å². The van der Waals surface area contributed by atoms with Gasteiger partial charge in [-0.3, -0.25) is 4.79 Å². The van der Waals surface area contributed by atoms with E-state index in [0.717, 1.165) is 5.56 Å². The smallest absolute Gasteiger partial charge is 0.217 e. The fourth-order valence-electron chi connectivity index (χ4n) is 3.28. The Hall–Kier alpha value is -2.42. The molecule has 3 unspecified atom stereocenters. The van der Waals surface area contributed by atoms with Crippen LogP contribution in [0, 0.1) is 0 Å². The molecule has 0 aliphatic carbocycles. The molecular formula is C18H22N4O5. The highest BCUT2D eigenvalue weighted by Gasteiger charge is 2.50. The third-order valence-corrected chi connectivity index (χ3v) is 4.37. The Morgan fingerprint density at radius 2 is 2.22 bits per heavy atom. The van der Waals surface area contributed by atoms with Gasteiger partial charge in [0.2, 0.25) is 5.91 Å². The standard InChI is InChI=1S/C18H22N4O5/c1-3-9-24-16-14(20-11(2)23)17(21-22-19)26-13-10-25-18(27-15(13)16)12-7-5-4-6-8-12/h3-8,13-18H,1,9-10H2,2H3,(H,20,23)/t13?,14?,15-,16+,17-,18?/m1/s1. The molecule has 2 aliphatic rings. The topological polar surface area (TPSA) is 115 Å². The van der Waals surface area contributed by atoms with Gasteiger partial charge in [-0.2, -0.15) is 0 Å². The lowest BCUT2D eigenvalue weighted by atomic mass is 9.94. The first-order valence-corrected chi connectivity index (χ1v) is 8.65. The summed E-state index contributed by atoms with van der Waals surface area (Å²) in [7, 11) is 0. The lowest BCUT2D eigenvalue weighted by molar-refractivity contribution is -0.318. The van der Waals surface area contributed by atoms with Gasteiger partial charge in [0, 0.05) is 17.4 Å². The molecule has 0 spiro atoms. The summed E-state index contributed by atoms with van der Waals surface area (Å²) < 4.78 is 23.7. The van der Waals surface area contributed by atoms with Crippen molar-refractivity contribution in [2.45, 2.75) is 43.8 Å². The van der Waals surface area contributed by atoms with E-state index in [-0.39, 0.29) is 19.1 Å². The Kier molecular flexibility index (Phi) is 6.44. The van der Waals surface area contributed by atoms with Crippen molar-refractivity contribution in [3.8, 4) is 0 Å². The zero-order valence-corrected chi connectivity index (χ0v) is 14.9. The first-order chi connectivity index (χ1) is 13.1. The van der Waals surface area contributed by atoms with Gasteiger partial charge in [0.1, 0.15) is 18.3 Å². The molecule has 1 aromatic rings. The number of carbonyl (C=O) groups excluding carboxylic acids is 1. The molecule has 0 bridgehead atoms. The second-order valence-corrected chi connectivity index (χ2v) is 6.26. The van der Waals surface area contributed by atoms with Gasteiger partial charge in [0.15, 0.2) is 12.5 Å². The SMILES string of the molecule is C=CCO[C@H]1C(NC(C)=O)[C@H](N=[N+]=[N-])OC2COC(c3ccccc3)O[C@H]21. The van der Waals surface area contributed by atoms with Crippen LogP contribution >= 0.6 is 0 Å². The molecule has 1 amide bonds. The molecule has 3 rings (SSSR count). The van der Waals surface area contributed by atoms with Crippen LogP contribution in [-0.2, 0) is 23.7 Å². The van der Waals surface area contributed by atoms with Crippen LogP contribution in [-0.4, -0.2) is 49.7 Å². The van der Waals surface area contributed by atoms with Gasteiger partial charge in [0.05, 0.1) is 19.3 Å². The van der Waals surface area contributed by atoms with E-state index in [1.807, 2.05) is 30.3 Å². The van der Waals surface area contributed by atoms with E-state index in [4.69, 9.17) is 24.5 Å². The van der Waals surface area contributed by atoms with Crippen LogP contribution in [0.25, 0.3) is 10.4 Å². The summed E-state index contributed by atoms with van der Waals surface area (Å²) in [5.74, 6) is -0.293. The summed E-state index contributed by atoms with van der Waals surface area (Å²) in [6, 6.07) is 8.81. The van der Waals surface area contributed by atoms with Crippen LogP contribution in [0.2, 0.25) is 0 Å². The quantitative estimate of drug-likeness (QED) is 0.355. The molecule has 9 heteroatoms. The summed E-state index contributed by atoms with van der Waals surface area (Å²) in [6.07, 6.45) is -1.54. The molecule has 1 aromatic carbocycles. The lowest BCUT2D eigenvalue weighted by Gasteiger charge is -2.48.